The van der Waals surface area contributed by atoms with E-state index in [1.165, 1.54) is 18.2 Å². The summed E-state index contributed by atoms with van der Waals surface area (Å²) in [6, 6.07) is 0. The van der Waals surface area contributed by atoms with Gasteiger partial charge in [-0.3, -0.25) is 4.79 Å². The number of carbonyl (C=O) groups is 3. The fourth-order valence-corrected chi connectivity index (χ4v) is 1.66. The van der Waals surface area contributed by atoms with Crippen LogP contribution in [-0.4, -0.2) is 46.9 Å². The van der Waals surface area contributed by atoms with Crippen LogP contribution in [0.15, 0.2) is 37.0 Å². The topological polar surface area (TPSA) is 110 Å². The van der Waals surface area contributed by atoms with E-state index in [-0.39, 0.29) is 6.61 Å². The molecular formula is C13H14O7. The van der Waals surface area contributed by atoms with E-state index < -0.39 is 36.0 Å². The third kappa shape index (κ3) is 3.12. The Morgan fingerprint density at radius 1 is 1.35 bits per heavy atom. The standard InChI is InChI=1S/C13H14O7/c1-2-10(15)20-13(12(17)18)6-4-3-5-9(13)11(16)19-8-7-14/h2-6,9,14H,1,7-8H2,(H,17,18). The molecule has 2 unspecified atom stereocenters. The van der Waals surface area contributed by atoms with Crippen molar-refractivity contribution in [2.45, 2.75) is 5.60 Å². The molecule has 1 aliphatic rings. The fraction of sp³-hybridized carbons (Fsp3) is 0.308. The van der Waals surface area contributed by atoms with Gasteiger partial charge in [-0.25, -0.2) is 9.59 Å². The van der Waals surface area contributed by atoms with Gasteiger partial charge in [0.25, 0.3) is 0 Å². The molecule has 0 bridgehead atoms. The van der Waals surface area contributed by atoms with Crippen LogP contribution in [0.4, 0.5) is 0 Å². The molecule has 0 saturated carbocycles. The molecule has 0 radical (unpaired) electrons. The van der Waals surface area contributed by atoms with Gasteiger partial charge in [0.15, 0.2) is 0 Å². The summed E-state index contributed by atoms with van der Waals surface area (Å²) in [6.45, 7) is 2.50. The number of carboxylic acids is 1. The molecule has 2 atom stereocenters. The first-order valence-electron chi connectivity index (χ1n) is 5.70. The molecule has 0 heterocycles. The van der Waals surface area contributed by atoms with Crippen LogP contribution in [0.3, 0.4) is 0 Å². The lowest BCUT2D eigenvalue weighted by Gasteiger charge is -2.32. The number of aliphatic hydroxyl groups excluding tert-OH is 1. The second-order valence-electron chi connectivity index (χ2n) is 3.84. The average Bonchev–Trinajstić information content (AvgIpc) is 2.44. The van der Waals surface area contributed by atoms with Crippen LogP contribution in [0.1, 0.15) is 0 Å². The van der Waals surface area contributed by atoms with E-state index in [1.807, 2.05) is 0 Å². The molecule has 1 rings (SSSR count). The minimum Gasteiger partial charge on any atom is -0.478 e. The van der Waals surface area contributed by atoms with Crippen molar-refractivity contribution in [3.05, 3.63) is 37.0 Å². The minimum atomic E-state index is -2.19. The molecule has 0 spiro atoms. The van der Waals surface area contributed by atoms with Crippen molar-refractivity contribution in [2.24, 2.45) is 5.92 Å². The number of carboxylic acid groups (broad SMARTS) is 1. The lowest BCUT2D eigenvalue weighted by atomic mass is 9.83. The maximum Gasteiger partial charge on any atom is 0.353 e. The number of esters is 2. The smallest absolute Gasteiger partial charge is 0.353 e. The van der Waals surface area contributed by atoms with Gasteiger partial charge in [0.05, 0.1) is 6.61 Å². The van der Waals surface area contributed by atoms with E-state index in [4.69, 9.17) is 14.6 Å². The van der Waals surface area contributed by atoms with Crippen LogP contribution < -0.4 is 0 Å². The summed E-state index contributed by atoms with van der Waals surface area (Å²) in [5.74, 6) is -4.76. The fourth-order valence-electron chi connectivity index (χ4n) is 1.66. The van der Waals surface area contributed by atoms with Gasteiger partial charge >= 0.3 is 17.9 Å². The normalized spacial score (nSPS) is 23.9. The summed E-state index contributed by atoms with van der Waals surface area (Å²) in [5.41, 5.74) is -2.19. The summed E-state index contributed by atoms with van der Waals surface area (Å²) >= 11 is 0. The number of allylic oxidation sites excluding steroid dienone is 2. The molecule has 1 aliphatic carbocycles. The molecule has 0 aromatic heterocycles. The van der Waals surface area contributed by atoms with Gasteiger partial charge in [0, 0.05) is 6.08 Å². The van der Waals surface area contributed by atoms with Gasteiger partial charge in [0.2, 0.25) is 5.60 Å². The molecule has 2 N–H and O–H groups in total. The summed E-state index contributed by atoms with van der Waals surface area (Å²) in [6.07, 6.45) is 5.92. The van der Waals surface area contributed by atoms with Crippen LogP contribution >= 0.6 is 0 Å². The molecule has 7 nitrogen and oxygen atoms in total. The van der Waals surface area contributed by atoms with Crippen molar-refractivity contribution in [1.82, 2.24) is 0 Å². The van der Waals surface area contributed by atoms with Crippen LogP contribution in [0, 0.1) is 5.92 Å². The number of carbonyl (C=O) groups excluding carboxylic acids is 2. The van der Waals surface area contributed by atoms with E-state index in [2.05, 4.69) is 6.58 Å². The van der Waals surface area contributed by atoms with Gasteiger partial charge in [-0.05, 0) is 6.08 Å². The highest BCUT2D eigenvalue weighted by molar-refractivity contribution is 5.94. The largest absolute Gasteiger partial charge is 0.478 e. The average molecular weight is 282 g/mol. The van der Waals surface area contributed by atoms with Crippen molar-refractivity contribution in [3.63, 3.8) is 0 Å². The minimum absolute atomic E-state index is 0.280. The first kappa shape index (κ1) is 15.6. The first-order valence-corrected chi connectivity index (χ1v) is 5.70. The van der Waals surface area contributed by atoms with Gasteiger partial charge in [0.1, 0.15) is 12.5 Å². The monoisotopic (exact) mass is 282 g/mol. The van der Waals surface area contributed by atoms with Crippen LogP contribution in [0.5, 0.6) is 0 Å². The number of aliphatic carboxylic acids is 1. The number of hydrogen-bond donors (Lipinski definition) is 2. The Balaban J connectivity index is 3.10. The Morgan fingerprint density at radius 3 is 2.60 bits per heavy atom. The van der Waals surface area contributed by atoms with Gasteiger partial charge < -0.3 is 19.7 Å². The molecule has 7 heteroatoms. The van der Waals surface area contributed by atoms with Gasteiger partial charge in [-0.15, -0.1) is 0 Å². The number of aliphatic hydroxyl groups is 1. The zero-order valence-corrected chi connectivity index (χ0v) is 10.5. The molecule has 20 heavy (non-hydrogen) atoms. The quantitative estimate of drug-likeness (QED) is 0.513. The zero-order chi connectivity index (χ0) is 15.2. The number of ether oxygens (including phenoxy) is 2. The van der Waals surface area contributed by atoms with Crippen LogP contribution in [0.25, 0.3) is 0 Å². The van der Waals surface area contributed by atoms with Crippen molar-refractivity contribution < 1.29 is 34.1 Å². The summed E-state index contributed by atoms with van der Waals surface area (Å²) in [5, 5.41) is 17.9. The molecule has 0 fully saturated rings. The van der Waals surface area contributed by atoms with Crippen LogP contribution in [0.2, 0.25) is 0 Å². The Kier molecular flexibility index (Phi) is 5.22. The van der Waals surface area contributed by atoms with Crippen LogP contribution in [-0.2, 0) is 23.9 Å². The Labute approximate surface area is 114 Å². The van der Waals surface area contributed by atoms with E-state index in [9.17, 15) is 19.5 Å². The molecule has 0 saturated heterocycles. The van der Waals surface area contributed by atoms with E-state index in [1.54, 1.807) is 0 Å². The summed E-state index contributed by atoms with van der Waals surface area (Å²) in [7, 11) is 0. The highest BCUT2D eigenvalue weighted by Gasteiger charge is 2.51. The third-order valence-electron chi connectivity index (χ3n) is 2.58. The molecule has 0 aliphatic heterocycles. The van der Waals surface area contributed by atoms with E-state index >= 15 is 0 Å². The van der Waals surface area contributed by atoms with Crippen molar-refractivity contribution >= 4 is 17.9 Å². The highest BCUT2D eigenvalue weighted by Crippen LogP contribution is 2.30. The van der Waals surface area contributed by atoms with Gasteiger partial charge in [-0.2, -0.15) is 0 Å². The lowest BCUT2D eigenvalue weighted by Crippen LogP contribution is -2.51. The second-order valence-corrected chi connectivity index (χ2v) is 3.84. The molecule has 0 aromatic carbocycles. The Morgan fingerprint density at radius 2 is 2.05 bits per heavy atom. The van der Waals surface area contributed by atoms with E-state index in [0.29, 0.717) is 0 Å². The predicted octanol–water partition coefficient (Wildman–Crippen LogP) is -0.183. The lowest BCUT2D eigenvalue weighted by molar-refractivity contribution is -0.180. The SMILES string of the molecule is C=CC(=O)OC1(C(=O)O)C=CC=CC1C(=O)OCCO. The second kappa shape index (κ2) is 6.67. The molecule has 108 valence electrons. The summed E-state index contributed by atoms with van der Waals surface area (Å²) in [4.78, 5) is 34.6. The van der Waals surface area contributed by atoms with Crippen molar-refractivity contribution in [2.75, 3.05) is 13.2 Å². The van der Waals surface area contributed by atoms with Crippen molar-refractivity contribution in [3.8, 4) is 0 Å². The Bertz CT molecular complexity index is 477. The molecule has 0 aromatic rings. The highest BCUT2D eigenvalue weighted by atomic mass is 16.6. The molecular weight excluding hydrogens is 268 g/mol. The Hall–Kier alpha value is -2.41. The predicted molar refractivity (Wildman–Crippen MR) is 66.5 cm³/mol. The van der Waals surface area contributed by atoms with E-state index in [0.717, 1.165) is 12.2 Å². The summed E-state index contributed by atoms with van der Waals surface area (Å²) < 4.78 is 9.54. The first-order chi connectivity index (χ1) is 9.47. The third-order valence-corrected chi connectivity index (χ3v) is 2.58. The maximum atomic E-state index is 11.8. The van der Waals surface area contributed by atoms with Gasteiger partial charge in [-0.1, -0.05) is 24.8 Å². The molecule has 0 amide bonds. The number of hydrogen-bond acceptors (Lipinski definition) is 6. The zero-order valence-electron chi connectivity index (χ0n) is 10.5. The van der Waals surface area contributed by atoms with Crippen molar-refractivity contribution in [1.29, 1.82) is 0 Å². The maximum absolute atomic E-state index is 11.8. The number of rotatable bonds is 6.